The number of urea groups is 1. The van der Waals surface area contributed by atoms with Crippen LogP contribution in [0, 0.1) is 0 Å². The number of benzene rings is 3. The summed E-state index contributed by atoms with van der Waals surface area (Å²) in [6, 6.07) is 23.2. The van der Waals surface area contributed by atoms with Crippen molar-refractivity contribution in [1.29, 1.82) is 0 Å². The van der Waals surface area contributed by atoms with Crippen molar-refractivity contribution in [3.63, 3.8) is 0 Å². The second-order valence-corrected chi connectivity index (χ2v) is 8.93. The van der Waals surface area contributed by atoms with Crippen molar-refractivity contribution in [1.82, 2.24) is 20.7 Å². The number of carbonyl (C=O) groups is 3. The molecule has 0 radical (unpaired) electrons. The number of imide groups is 1. The van der Waals surface area contributed by atoms with Gasteiger partial charge in [0.2, 0.25) is 0 Å². The summed E-state index contributed by atoms with van der Waals surface area (Å²) < 4.78 is 0. The van der Waals surface area contributed by atoms with E-state index in [-0.39, 0.29) is 18.5 Å². The molecule has 2 aliphatic rings. The zero-order valence-electron chi connectivity index (χ0n) is 19.2. The van der Waals surface area contributed by atoms with Crippen LogP contribution in [0.15, 0.2) is 72.8 Å². The van der Waals surface area contributed by atoms with E-state index in [1.807, 2.05) is 49.4 Å². The number of nitrogens with zero attached hydrogens (tertiary/aromatic N) is 2. The minimum Gasteiger partial charge on any atom is -0.318 e. The first-order chi connectivity index (χ1) is 16.5. The Morgan fingerprint density at radius 3 is 2.56 bits per heavy atom. The van der Waals surface area contributed by atoms with Gasteiger partial charge < -0.3 is 5.32 Å². The molecule has 2 atom stereocenters. The van der Waals surface area contributed by atoms with E-state index in [2.05, 4.69) is 46.0 Å². The maximum absolute atomic E-state index is 13.3. The van der Waals surface area contributed by atoms with Crippen LogP contribution in [0.5, 0.6) is 0 Å². The SMILES string of the molecule is CCC1(c2ccccc2)NC(=O)N(NC(=O)CN2CCCC2c2cccc3ccccc23)C1=O. The Morgan fingerprint density at radius 2 is 1.76 bits per heavy atom. The van der Waals surface area contributed by atoms with Gasteiger partial charge in [-0.1, -0.05) is 79.7 Å². The highest BCUT2D eigenvalue weighted by Crippen LogP contribution is 2.36. The predicted molar refractivity (Wildman–Crippen MR) is 129 cm³/mol. The van der Waals surface area contributed by atoms with Gasteiger partial charge in [0.15, 0.2) is 0 Å². The van der Waals surface area contributed by atoms with Gasteiger partial charge >= 0.3 is 6.03 Å². The Hall–Kier alpha value is -3.71. The van der Waals surface area contributed by atoms with E-state index in [9.17, 15) is 14.4 Å². The molecule has 4 amide bonds. The summed E-state index contributed by atoms with van der Waals surface area (Å²) in [6.45, 7) is 2.73. The molecule has 2 N–H and O–H groups in total. The number of amides is 4. The van der Waals surface area contributed by atoms with E-state index in [1.165, 1.54) is 16.3 Å². The first-order valence-electron chi connectivity index (χ1n) is 11.8. The summed E-state index contributed by atoms with van der Waals surface area (Å²) in [6.07, 6.45) is 2.32. The molecule has 0 saturated carbocycles. The quantitative estimate of drug-likeness (QED) is 0.552. The predicted octanol–water partition coefficient (Wildman–Crippen LogP) is 3.87. The fourth-order valence-electron chi connectivity index (χ4n) is 5.29. The van der Waals surface area contributed by atoms with Crippen LogP contribution < -0.4 is 10.7 Å². The molecule has 34 heavy (non-hydrogen) atoms. The van der Waals surface area contributed by atoms with E-state index in [0.717, 1.165) is 24.4 Å². The molecule has 0 spiro atoms. The summed E-state index contributed by atoms with van der Waals surface area (Å²) in [5, 5.41) is 5.99. The average molecular weight is 457 g/mol. The number of fused-ring (bicyclic) bond motifs is 1. The van der Waals surface area contributed by atoms with Crippen LogP contribution >= 0.6 is 0 Å². The number of nitrogens with one attached hydrogen (secondary N) is 2. The third-order valence-corrected chi connectivity index (χ3v) is 7.02. The summed E-state index contributed by atoms with van der Waals surface area (Å²) >= 11 is 0. The lowest BCUT2D eigenvalue weighted by atomic mass is 9.87. The van der Waals surface area contributed by atoms with Gasteiger partial charge in [0.1, 0.15) is 5.54 Å². The van der Waals surface area contributed by atoms with Crippen LogP contribution in [-0.4, -0.2) is 40.8 Å². The largest absolute Gasteiger partial charge is 0.344 e. The van der Waals surface area contributed by atoms with Crippen molar-refractivity contribution in [2.75, 3.05) is 13.1 Å². The van der Waals surface area contributed by atoms with E-state index in [0.29, 0.717) is 12.0 Å². The smallest absolute Gasteiger partial charge is 0.318 e. The highest BCUT2D eigenvalue weighted by Gasteiger charge is 2.52. The molecule has 2 unspecified atom stereocenters. The Bertz CT molecular complexity index is 1240. The van der Waals surface area contributed by atoms with Crippen molar-refractivity contribution in [2.24, 2.45) is 0 Å². The second kappa shape index (κ2) is 8.91. The van der Waals surface area contributed by atoms with Crippen molar-refractivity contribution in [3.05, 3.63) is 83.9 Å². The summed E-state index contributed by atoms with van der Waals surface area (Å²) in [5.74, 6) is -0.845. The molecule has 174 valence electrons. The Morgan fingerprint density at radius 1 is 1.03 bits per heavy atom. The third-order valence-electron chi connectivity index (χ3n) is 7.02. The lowest BCUT2D eigenvalue weighted by Gasteiger charge is -2.27. The molecule has 7 nitrogen and oxygen atoms in total. The average Bonchev–Trinajstić information content (AvgIpc) is 3.42. The molecule has 0 bridgehead atoms. The molecule has 2 heterocycles. The first kappa shape index (κ1) is 22.1. The molecule has 0 aromatic heterocycles. The highest BCUT2D eigenvalue weighted by molar-refractivity contribution is 6.08. The van der Waals surface area contributed by atoms with Crippen LogP contribution in [0.2, 0.25) is 0 Å². The summed E-state index contributed by atoms with van der Waals surface area (Å²) in [4.78, 5) is 41.1. The number of carbonyl (C=O) groups excluding carboxylic acids is 3. The van der Waals surface area contributed by atoms with Gasteiger partial charge in [-0.25, -0.2) is 4.79 Å². The van der Waals surface area contributed by atoms with E-state index in [4.69, 9.17) is 0 Å². The van der Waals surface area contributed by atoms with Crippen LogP contribution in [0.1, 0.15) is 43.4 Å². The van der Waals surface area contributed by atoms with Crippen molar-refractivity contribution in [2.45, 2.75) is 37.8 Å². The molecule has 2 fully saturated rings. The minimum absolute atomic E-state index is 0.107. The van der Waals surface area contributed by atoms with Crippen LogP contribution in [0.4, 0.5) is 4.79 Å². The molecule has 7 heteroatoms. The van der Waals surface area contributed by atoms with Crippen LogP contribution in [0.3, 0.4) is 0 Å². The number of rotatable bonds is 6. The van der Waals surface area contributed by atoms with E-state index >= 15 is 0 Å². The van der Waals surface area contributed by atoms with Crippen LogP contribution in [0.25, 0.3) is 10.8 Å². The normalized spacial score (nSPS) is 22.9. The Labute approximate surface area is 198 Å². The van der Waals surface area contributed by atoms with Crippen molar-refractivity contribution < 1.29 is 14.4 Å². The highest BCUT2D eigenvalue weighted by atomic mass is 16.2. The lowest BCUT2D eigenvalue weighted by Crippen LogP contribution is -2.51. The maximum atomic E-state index is 13.3. The summed E-state index contributed by atoms with van der Waals surface area (Å²) in [5.41, 5.74) is 3.29. The van der Waals surface area contributed by atoms with E-state index in [1.54, 1.807) is 0 Å². The molecule has 2 saturated heterocycles. The van der Waals surface area contributed by atoms with E-state index < -0.39 is 17.5 Å². The number of hydrazine groups is 1. The number of hydrogen-bond acceptors (Lipinski definition) is 4. The molecule has 2 aliphatic heterocycles. The van der Waals surface area contributed by atoms with Gasteiger partial charge in [0.25, 0.3) is 11.8 Å². The third kappa shape index (κ3) is 3.72. The van der Waals surface area contributed by atoms with Crippen molar-refractivity contribution in [3.8, 4) is 0 Å². The van der Waals surface area contributed by atoms with Gasteiger partial charge in [-0.05, 0) is 47.7 Å². The van der Waals surface area contributed by atoms with Crippen LogP contribution in [-0.2, 0) is 15.1 Å². The topological polar surface area (TPSA) is 81.8 Å². The summed E-state index contributed by atoms with van der Waals surface area (Å²) in [7, 11) is 0. The number of hydrogen-bond donors (Lipinski definition) is 2. The standard InChI is InChI=1S/C27H28N4O3/c1-2-27(20-12-4-3-5-13-20)25(33)31(26(34)28-27)29-24(32)18-30-17-9-16-23(30)22-15-8-11-19-10-6-7-14-21(19)22/h3-8,10-15,23H,2,9,16-18H2,1H3,(H,28,34)(H,29,32). The van der Waals surface area contributed by atoms with Gasteiger partial charge in [-0.3, -0.25) is 19.9 Å². The Balaban J connectivity index is 1.32. The first-order valence-corrected chi connectivity index (χ1v) is 11.8. The van der Waals surface area contributed by atoms with Gasteiger partial charge in [-0.15, -0.1) is 0 Å². The fourth-order valence-corrected chi connectivity index (χ4v) is 5.29. The molecule has 3 aromatic rings. The van der Waals surface area contributed by atoms with Gasteiger partial charge in [0.05, 0.1) is 6.54 Å². The zero-order chi connectivity index (χ0) is 23.7. The minimum atomic E-state index is -1.18. The molecular weight excluding hydrogens is 428 g/mol. The lowest BCUT2D eigenvalue weighted by molar-refractivity contribution is -0.140. The molecule has 0 aliphatic carbocycles. The second-order valence-electron chi connectivity index (χ2n) is 8.93. The zero-order valence-corrected chi connectivity index (χ0v) is 19.2. The fraction of sp³-hybridized carbons (Fsp3) is 0.296. The molecular formula is C27H28N4O3. The molecule has 5 rings (SSSR count). The van der Waals surface area contributed by atoms with Crippen molar-refractivity contribution >= 4 is 28.6 Å². The maximum Gasteiger partial charge on any atom is 0.344 e. The monoisotopic (exact) mass is 456 g/mol. The van der Waals surface area contributed by atoms with Gasteiger partial charge in [0, 0.05) is 6.04 Å². The van der Waals surface area contributed by atoms with Gasteiger partial charge in [-0.2, -0.15) is 5.01 Å². The number of likely N-dealkylation sites (tertiary alicyclic amines) is 1. The Kier molecular flexibility index (Phi) is 5.79. The molecule has 3 aromatic carbocycles.